The molecule has 0 N–H and O–H groups in total. The maximum Gasteiger partial charge on any atom is 0.162 e. The van der Waals surface area contributed by atoms with Crippen LogP contribution < -0.4 is 0 Å². The van der Waals surface area contributed by atoms with Gasteiger partial charge in [0, 0.05) is 24.3 Å². The molecule has 1 rings (SSSR count). The van der Waals surface area contributed by atoms with Crippen LogP contribution >= 0.6 is 11.6 Å². The molecule has 0 bridgehead atoms. The monoisotopic (exact) mass is 284 g/mol. The smallest absolute Gasteiger partial charge is 0.162 e. The molecule has 3 heteroatoms. The zero-order chi connectivity index (χ0) is 14.4. The number of ketones is 1. The standard InChI is InChI=1S/C16H25ClO2/c1-5-19-14-8-12(4)15(16(18)10-14)9-13(6-7-17)11(2)3/h10,12,15H,5-9H2,1-4H3. The van der Waals surface area contributed by atoms with Gasteiger partial charge in [0.25, 0.3) is 0 Å². The fourth-order valence-corrected chi connectivity index (χ4v) is 2.82. The minimum absolute atomic E-state index is 0.0809. The molecule has 0 saturated carbocycles. The minimum atomic E-state index is 0.0809. The maximum atomic E-state index is 12.2. The van der Waals surface area contributed by atoms with Gasteiger partial charge in [-0.2, -0.15) is 0 Å². The van der Waals surface area contributed by atoms with Crippen molar-refractivity contribution in [1.82, 2.24) is 0 Å². The summed E-state index contributed by atoms with van der Waals surface area (Å²) in [5.74, 6) is 2.08. The average molecular weight is 285 g/mol. The Bertz CT molecular complexity index is 378. The molecule has 0 saturated heterocycles. The molecule has 19 heavy (non-hydrogen) atoms. The predicted octanol–water partition coefficient (Wildman–Crippen LogP) is 4.49. The molecule has 0 aromatic rings. The molecule has 0 fully saturated rings. The van der Waals surface area contributed by atoms with Crippen molar-refractivity contribution in [3.63, 3.8) is 0 Å². The summed E-state index contributed by atoms with van der Waals surface area (Å²) in [5, 5.41) is 0. The number of allylic oxidation sites excluding steroid dienone is 4. The lowest BCUT2D eigenvalue weighted by Gasteiger charge is -2.28. The number of hydrogen-bond donors (Lipinski definition) is 0. The minimum Gasteiger partial charge on any atom is -0.498 e. The molecular formula is C16H25ClO2. The van der Waals surface area contributed by atoms with Crippen molar-refractivity contribution in [3.05, 3.63) is 23.0 Å². The van der Waals surface area contributed by atoms with Gasteiger partial charge in [0.15, 0.2) is 5.78 Å². The van der Waals surface area contributed by atoms with Gasteiger partial charge in [-0.3, -0.25) is 4.79 Å². The predicted molar refractivity (Wildman–Crippen MR) is 80.3 cm³/mol. The number of carbonyl (C=O) groups excluding carboxylic acids is 1. The van der Waals surface area contributed by atoms with Crippen molar-refractivity contribution in [2.24, 2.45) is 11.8 Å². The van der Waals surface area contributed by atoms with Gasteiger partial charge >= 0.3 is 0 Å². The lowest BCUT2D eigenvalue weighted by Crippen LogP contribution is -2.27. The van der Waals surface area contributed by atoms with Gasteiger partial charge in [-0.15, -0.1) is 11.6 Å². The second kappa shape index (κ2) is 7.74. The number of alkyl halides is 1. The zero-order valence-electron chi connectivity index (χ0n) is 12.5. The molecule has 1 aliphatic carbocycles. The highest BCUT2D eigenvalue weighted by molar-refractivity contribution is 6.18. The van der Waals surface area contributed by atoms with Crippen LogP contribution in [0.25, 0.3) is 0 Å². The second-order valence-electron chi connectivity index (χ2n) is 5.48. The van der Waals surface area contributed by atoms with Crippen LogP contribution in [0, 0.1) is 11.8 Å². The van der Waals surface area contributed by atoms with E-state index in [0.717, 1.165) is 25.0 Å². The molecule has 0 aromatic carbocycles. The van der Waals surface area contributed by atoms with Gasteiger partial charge < -0.3 is 4.74 Å². The molecule has 2 nitrogen and oxygen atoms in total. The summed E-state index contributed by atoms with van der Waals surface area (Å²) in [6.45, 7) is 8.91. The molecule has 0 aliphatic heterocycles. The van der Waals surface area contributed by atoms with E-state index in [1.807, 2.05) is 6.92 Å². The Morgan fingerprint density at radius 1 is 1.47 bits per heavy atom. The summed E-state index contributed by atoms with van der Waals surface area (Å²) in [7, 11) is 0. The van der Waals surface area contributed by atoms with E-state index in [1.54, 1.807) is 6.08 Å². The van der Waals surface area contributed by atoms with Gasteiger partial charge in [0.05, 0.1) is 12.4 Å². The molecule has 2 atom stereocenters. The van der Waals surface area contributed by atoms with E-state index in [-0.39, 0.29) is 11.7 Å². The normalized spacial score (nSPS) is 23.0. The first kappa shape index (κ1) is 16.3. The number of ether oxygens (including phenoxy) is 1. The summed E-state index contributed by atoms with van der Waals surface area (Å²) < 4.78 is 5.48. The molecule has 0 amide bonds. The van der Waals surface area contributed by atoms with Crippen molar-refractivity contribution in [3.8, 4) is 0 Å². The number of hydrogen-bond acceptors (Lipinski definition) is 2. The van der Waals surface area contributed by atoms with Gasteiger partial charge in [0.2, 0.25) is 0 Å². The summed E-state index contributed by atoms with van der Waals surface area (Å²) in [6.07, 6.45) is 4.27. The van der Waals surface area contributed by atoms with Gasteiger partial charge in [-0.1, -0.05) is 18.1 Å². The third-order valence-electron chi connectivity index (χ3n) is 3.78. The van der Waals surface area contributed by atoms with E-state index in [0.29, 0.717) is 18.4 Å². The Labute approximate surface area is 121 Å². The van der Waals surface area contributed by atoms with Crippen LogP contribution in [0.2, 0.25) is 0 Å². The van der Waals surface area contributed by atoms with Gasteiger partial charge in [0.1, 0.15) is 0 Å². The van der Waals surface area contributed by atoms with Gasteiger partial charge in [-0.25, -0.2) is 0 Å². The van der Waals surface area contributed by atoms with Crippen LogP contribution in [0.1, 0.15) is 47.0 Å². The first-order valence-electron chi connectivity index (χ1n) is 7.08. The first-order chi connectivity index (χ1) is 8.99. The van der Waals surface area contributed by atoms with E-state index in [4.69, 9.17) is 16.3 Å². The molecule has 2 unspecified atom stereocenters. The molecule has 1 aliphatic rings. The number of carbonyl (C=O) groups is 1. The maximum absolute atomic E-state index is 12.2. The Morgan fingerprint density at radius 2 is 2.16 bits per heavy atom. The summed E-state index contributed by atoms with van der Waals surface area (Å²) in [5.41, 5.74) is 2.62. The van der Waals surface area contributed by atoms with Crippen molar-refractivity contribution >= 4 is 17.4 Å². The summed E-state index contributed by atoms with van der Waals surface area (Å²) in [6, 6.07) is 0. The highest BCUT2D eigenvalue weighted by Crippen LogP contribution is 2.33. The quantitative estimate of drug-likeness (QED) is 0.531. The van der Waals surface area contributed by atoms with Crippen LogP contribution in [-0.4, -0.2) is 18.3 Å². The third kappa shape index (κ3) is 4.68. The molecule has 0 heterocycles. The Hall–Kier alpha value is -0.760. The van der Waals surface area contributed by atoms with Crippen LogP contribution in [0.5, 0.6) is 0 Å². The fourth-order valence-electron chi connectivity index (χ4n) is 2.59. The SMILES string of the molecule is CCOC1=CC(=O)C(CC(CCCl)=C(C)C)C(C)C1. The first-order valence-corrected chi connectivity index (χ1v) is 7.61. The molecule has 0 radical (unpaired) electrons. The zero-order valence-corrected chi connectivity index (χ0v) is 13.2. The number of rotatable bonds is 6. The van der Waals surface area contributed by atoms with Crippen molar-refractivity contribution in [1.29, 1.82) is 0 Å². The third-order valence-corrected chi connectivity index (χ3v) is 3.97. The van der Waals surface area contributed by atoms with Crippen LogP contribution in [0.4, 0.5) is 0 Å². The highest BCUT2D eigenvalue weighted by Gasteiger charge is 2.30. The Morgan fingerprint density at radius 3 is 2.63 bits per heavy atom. The van der Waals surface area contributed by atoms with E-state index in [2.05, 4.69) is 20.8 Å². The largest absolute Gasteiger partial charge is 0.498 e. The lowest BCUT2D eigenvalue weighted by molar-refractivity contribution is -0.120. The van der Waals surface area contributed by atoms with E-state index < -0.39 is 0 Å². The summed E-state index contributed by atoms with van der Waals surface area (Å²) >= 11 is 5.84. The van der Waals surface area contributed by atoms with E-state index in [9.17, 15) is 4.79 Å². The van der Waals surface area contributed by atoms with Gasteiger partial charge in [-0.05, 0) is 39.5 Å². The van der Waals surface area contributed by atoms with Crippen molar-refractivity contribution in [2.45, 2.75) is 47.0 Å². The van der Waals surface area contributed by atoms with E-state index in [1.165, 1.54) is 11.1 Å². The van der Waals surface area contributed by atoms with Crippen LogP contribution in [-0.2, 0) is 9.53 Å². The van der Waals surface area contributed by atoms with Crippen molar-refractivity contribution in [2.75, 3.05) is 12.5 Å². The molecule has 108 valence electrons. The van der Waals surface area contributed by atoms with Crippen molar-refractivity contribution < 1.29 is 9.53 Å². The Balaban J connectivity index is 2.79. The number of halogens is 1. The summed E-state index contributed by atoms with van der Waals surface area (Å²) in [4.78, 5) is 12.2. The molecule has 0 aromatic heterocycles. The molecule has 0 spiro atoms. The lowest BCUT2D eigenvalue weighted by atomic mass is 9.78. The second-order valence-corrected chi connectivity index (χ2v) is 5.86. The average Bonchev–Trinajstić information content (AvgIpc) is 2.32. The van der Waals surface area contributed by atoms with Crippen LogP contribution in [0.15, 0.2) is 23.0 Å². The fraction of sp³-hybridized carbons (Fsp3) is 0.688. The topological polar surface area (TPSA) is 26.3 Å². The highest BCUT2D eigenvalue weighted by atomic mass is 35.5. The van der Waals surface area contributed by atoms with E-state index >= 15 is 0 Å². The molecular weight excluding hydrogens is 260 g/mol. The Kier molecular flexibility index (Phi) is 6.64. The van der Waals surface area contributed by atoms with Crippen LogP contribution in [0.3, 0.4) is 0 Å².